The van der Waals surface area contributed by atoms with Gasteiger partial charge in [-0.25, -0.2) is 0 Å². The number of phenolic OH excluding ortho intramolecular Hbond substituents is 1. The van der Waals surface area contributed by atoms with Gasteiger partial charge in [0, 0.05) is 41.1 Å². The maximum atomic E-state index is 10.2. The van der Waals surface area contributed by atoms with Crippen LogP contribution >= 0.6 is 0 Å². The van der Waals surface area contributed by atoms with Crippen LogP contribution in [0.5, 0.6) is 11.5 Å². The molecule has 2 N–H and O–H groups in total. The third-order valence-corrected chi connectivity index (χ3v) is 4.60. The van der Waals surface area contributed by atoms with Gasteiger partial charge in [0.2, 0.25) is 0 Å². The quantitative estimate of drug-likeness (QED) is 0.612. The van der Waals surface area contributed by atoms with Crippen molar-refractivity contribution in [1.82, 2.24) is 9.88 Å². The molecule has 1 heterocycles. The highest BCUT2D eigenvalue weighted by molar-refractivity contribution is 5.93. The summed E-state index contributed by atoms with van der Waals surface area (Å²) in [5.41, 5.74) is 3.70. The number of hydrogen-bond acceptors (Lipinski definition) is 5. The van der Waals surface area contributed by atoms with Crippen LogP contribution in [-0.2, 0) is 6.54 Å². The summed E-state index contributed by atoms with van der Waals surface area (Å²) in [6.45, 7) is 6.87. The molecular weight excluding hydrogens is 326 g/mol. The highest BCUT2D eigenvalue weighted by Gasteiger charge is 2.09. The van der Waals surface area contributed by atoms with Gasteiger partial charge < -0.3 is 15.2 Å². The molecule has 0 aliphatic carbocycles. The van der Waals surface area contributed by atoms with Crippen LogP contribution in [0.2, 0.25) is 0 Å². The van der Waals surface area contributed by atoms with Crippen molar-refractivity contribution in [2.24, 2.45) is 0 Å². The van der Waals surface area contributed by atoms with Gasteiger partial charge in [0.1, 0.15) is 11.5 Å². The number of anilines is 2. The first-order chi connectivity index (χ1) is 12.6. The lowest BCUT2D eigenvalue weighted by atomic mass is 10.1. The molecule has 0 atom stereocenters. The van der Waals surface area contributed by atoms with E-state index in [0.29, 0.717) is 5.75 Å². The zero-order valence-corrected chi connectivity index (χ0v) is 15.5. The van der Waals surface area contributed by atoms with Crippen molar-refractivity contribution in [2.45, 2.75) is 20.4 Å². The Morgan fingerprint density at radius 1 is 1.08 bits per heavy atom. The molecular formula is C21H25N3O2. The average Bonchev–Trinajstić information content (AvgIpc) is 2.68. The zero-order chi connectivity index (χ0) is 18.5. The summed E-state index contributed by atoms with van der Waals surface area (Å²) in [4.78, 5) is 6.69. The molecule has 5 nitrogen and oxygen atoms in total. The third-order valence-electron chi connectivity index (χ3n) is 4.60. The molecule has 5 heteroatoms. The van der Waals surface area contributed by atoms with Crippen LogP contribution < -0.4 is 10.1 Å². The smallest absolute Gasteiger partial charge is 0.121 e. The molecule has 0 radical (unpaired) electrons. The number of phenols is 1. The lowest BCUT2D eigenvalue weighted by Crippen LogP contribution is -2.22. The van der Waals surface area contributed by atoms with E-state index in [1.165, 1.54) is 0 Å². The summed E-state index contributed by atoms with van der Waals surface area (Å²) in [5, 5.41) is 14.7. The Bertz CT molecular complexity index is 892. The maximum Gasteiger partial charge on any atom is 0.121 e. The molecule has 2 aromatic carbocycles. The van der Waals surface area contributed by atoms with E-state index in [1.807, 2.05) is 36.4 Å². The standard InChI is InChI=1S/C21H25N3O2/c1-4-24(5-2)14-15-12-16(6-9-21(15)25)23-19-10-11-22-20-13-17(26-3)7-8-18(19)20/h6-13,25H,4-5,14H2,1-3H3,(H,22,23). The van der Waals surface area contributed by atoms with Gasteiger partial charge in [-0.3, -0.25) is 9.88 Å². The Labute approximate surface area is 154 Å². The van der Waals surface area contributed by atoms with Gasteiger partial charge in [-0.2, -0.15) is 0 Å². The maximum absolute atomic E-state index is 10.2. The average molecular weight is 351 g/mol. The second-order valence-electron chi connectivity index (χ2n) is 6.17. The molecule has 0 bridgehead atoms. The highest BCUT2D eigenvalue weighted by atomic mass is 16.5. The Morgan fingerprint density at radius 3 is 2.62 bits per heavy atom. The predicted molar refractivity (Wildman–Crippen MR) is 106 cm³/mol. The molecule has 0 aliphatic rings. The molecule has 0 saturated carbocycles. The van der Waals surface area contributed by atoms with Crippen molar-refractivity contribution >= 4 is 22.3 Å². The van der Waals surface area contributed by atoms with E-state index in [0.717, 1.165) is 53.2 Å². The van der Waals surface area contributed by atoms with Crippen molar-refractivity contribution in [3.05, 3.63) is 54.2 Å². The van der Waals surface area contributed by atoms with Gasteiger partial charge in [0.15, 0.2) is 0 Å². The minimum atomic E-state index is 0.326. The molecule has 3 aromatic rings. The Hall–Kier alpha value is -2.79. The second kappa shape index (κ2) is 8.06. The SMILES string of the molecule is CCN(CC)Cc1cc(Nc2ccnc3cc(OC)ccc23)ccc1O. The van der Waals surface area contributed by atoms with Gasteiger partial charge in [-0.05, 0) is 49.5 Å². The molecule has 26 heavy (non-hydrogen) atoms. The molecule has 0 fully saturated rings. The summed E-state index contributed by atoms with van der Waals surface area (Å²) < 4.78 is 5.27. The Kier molecular flexibility index (Phi) is 5.58. The number of aromatic hydroxyl groups is 1. The van der Waals surface area contributed by atoms with E-state index in [9.17, 15) is 5.11 Å². The highest BCUT2D eigenvalue weighted by Crippen LogP contribution is 2.30. The fraction of sp³-hybridized carbons (Fsp3) is 0.286. The summed E-state index contributed by atoms with van der Waals surface area (Å²) >= 11 is 0. The van der Waals surface area contributed by atoms with Gasteiger partial charge in [-0.15, -0.1) is 0 Å². The summed E-state index contributed by atoms with van der Waals surface area (Å²) in [6.07, 6.45) is 1.78. The second-order valence-corrected chi connectivity index (χ2v) is 6.17. The minimum Gasteiger partial charge on any atom is -0.508 e. The van der Waals surface area contributed by atoms with Crippen LogP contribution in [-0.4, -0.2) is 35.2 Å². The molecule has 136 valence electrons. The minimum absolute atomic E-state index is 0.326. The number of pyridine rings is 1. The number of fused-ring (bicyclic) bond motifs is 1. The van der Waals surface area contributed by atoms with Crippen LogP contribution in [0.4, 0.5) is 11.4 Å². The lowest BCUT2D eigenvalue weighted by Gasteiger charge is -2.19. The largest absolute Gasteiger partial charge is 0.508 e. The third kappa shape index (κ3) is 3.89. The number of nitrogens with one attached hydrogen (secondary N) is 1. The van der Waals surface area contributed by atoms with Crippen molar-refractivity contribution in [2.75, 3.05) is 25.5 Å². The van der Waals surface area contributed by atoms with Crippen LogP contribution in [0.1, 0.15) is 19.4 Å². The van der Waals surface area contributed by atoms with Crippen molar-refractivity contribution < 1.29 is 9.84 Å². The molecule has 0 spiro atoms. The summed E-state index contributed by atoms with van der Waals surface area (Å²) in [6, 6.07) is 13.4. The van der Waals surface area contributed by atoms with Crippen LogP contribution in [0.15, 0.2) is 48.7 Å². The van der Waals surface area contributed by atoms with Crippen molar-refractivity contribution in [1.29, 1.82) is 0 Å². The van der Waals surface area contributed by atoms with Gasteiger partial charge in [0.25, 0.3) is 0 Å². The number of nitrogens with zero attached hydrogens (tertiary/aromatic N) is 2. The lowest BCUT2D eigenvalue weighted by molar-refractivity contribution is 0.291. The number of rotatable bonds is 7. The van der Waals surface area contributed by atoms with E-state index in [-0.39, 0.29) is 0 Å². The Morgan fingerprint density at radius 2 is 1.88 bits per heavy atom. The first-order valence-corrected chi connectivity index (χ1v) is 8.88. The van der Waals surface area contributed by atoms with E-state index in [1.54, 1.807) is 19.4 Å². The van der Waals surface area contributed by atoms with Gasteiger partial charge in [-0.1, -0.05) is 13.8 Å². The molecule has 3 rings (SSSR count). The van der Waals surface area contributed by atoms with E-state index in [2.05, 4.69) is 29.0 Å². The van der Waals surface area contributed by atoms with Crippen molar-refractivity contribution in [3.8, 4) is 11.5 Å². The van der Waals surface area contributed by atoms with Crippen LogP contribution in [0.25, 0.3) is 10.9 Å². The van der Waals surface area contributed by atoms with Gasteiger partial charge in [0.05, 0.1) is 12.6 Å². The first-order valence-electron chi connectivity index (χ1n) is 8.88. The van der Waals surface area contributed by atoms with Crippen LogP contribution in [0.3, 0.4) is 0 Å². The molecule has 0 unspecified atom stereocenters. The van der Waals surface area contributed by atoms with E-state index < -0.39 is 0 Å². The van der Waals surface area contributed by atoms with Crippen molar-refractivity contribution in [3.63, 3.8) is 0 Å². The number of methoxy groups -OCH3 is 1. The molecule has 0 aliphatic heterocycles. The number of hydrogen-bond donors (Lipinski definition) is 2. The molecule has 1 aromatic heterocycles. The topological polar surface area (TPSA) is 57.6 Å². The van der Waals surface area contributed by atoms with Crippen LogP contribution in [0, 0.1) is 0 Å². The molecule has 0 amide bonds. The summed E-state index contributed by atoms with van der Waals surface area (Å²) in [5.74, 6) is 1.11. The number of aromatic nitrogens is 1. The predicted octanol–water partition coefficient (Wildman–Crippen LogP) is 4.53. The fourth-order valence-electron chi connectivity index (χ4n) is 3.00. The normalized spacial score (nSPS) is 11.1. The van der Waals surface area contributed by atoms with E-state index in [4.69, 9.17) is 4.74 Å². The summed E-state index contributed by atoms with van der Waals surface area (Å²) in [7, 11) is 1.65. The Balaban J connectivity index is 1.90. The first kappa shape index (κ1) is 18.0. The van der Waals surface area contributed by atoms with E-state index >= 15 is 0 Å². The monoisotopic (exact) mass is 351 g/mol. The number of benzene rings is 2. The van der Waals surface area contributed by atoms with Gasteiger partial charge >= 0.3 is 0 Å². The fourth-order valence-corrected chi connectivity index (χ4v) is 3.00. The molecule has 0 saturated heterocycles. The number of ether oxygens (including phenoxy) is 1. The zero-order valence-electron chi connectivity index (χ0n) is 15.5.